The summed E-state index contributed by atoms with van der Waals surface area (Å²) in [4.78, 5) is 65.2. The molecule has 39 heavy (non-hydrogen) atoms. The van der Waals surface area contributed by atoms with Gasteiger partial charge in [-0.3, -0.25) is 14.4 Å². The molecule has 1 spiro atoms. The monoisotopic (exact) mass is 544 g/mol. The zero-order chi connectivity index (χ0) is 28.5. The Kier molecular flexibility index (Phi) is 6.47. The van der Waals surface area contributed by atoms with E-state index in [4.69, 9.17) is 14.2 Å². The molecule has 210 valence electrons. The minimum Gasteiger partial charge on any atom is -0.481 e. The average Bonchev–Trinajstić information content (AvgIpc) is 3.19. The Hall–Kier alpha value is -3.15. The fourth-order valence-corrected chi connectivity index (χ4v) is 8.62. The summed E-state index contributed by atoms with van der Waals surface area (Å²) in [6, 6.07) is 7.94. The van der Waals surface area contributed by atoms with Crippen molar-refractivity contribution in [2.75, 3.05) is 13.7 Å². The smallest absolute Gasteiger partial charge is 0.341 e. The van der Waals surface area contributed by atoms with Gasteiger partial charge in [-0.05, 0) is 36.8 Å². The van der Waals surface area contributed by atoms with Crippen molar-refractivity contribution in [3.63, 3.8) is 0 Å². The number of benzene rings is 1. The highest BCUT2D eigenvalue weighted by molar-refractivity contribution is 5.95. The highest BCUT2D eigenvalue weighted by Gasteiger charge is 2.83. The van der Waals surface area contributed by atoms with Crippen LogP contribution in [0.4, 0.5) is 0 Å². The number of aliphatic hydroxyl groups excluding tert-OH is 2. The number of ether oxygens (including phenoxy) is 3. The molecule has 10 atom stereocenters. The fourth-order valence-electron chi connectivity index (χ4n) is 8.62. The highest BCUT2D eigenvalue weighted by atomic mass is 16.6. The van der Waals surface area contributed by atoms with Crippen LogP contribution in [0.2, 0.25) is 0 Å². The van der Waals surface area contributed by atoms with E-state index in [-0.39, 0.29) is 30.8 Å². The van der Waals surface area contributed by atoms with Gasteiger partial charge in [0.05, 0.1) is 37.7 Å². The van der Waals surface area contributed by atoms with E-state index in [9.17, 15) is 39.3 Å². The Labute approximate surface area is 224 Å². The minimum atomic E-state index is -2.26. The van der Waals surface area contributed by atoms with Crippen LogP contribution in [0.1, 0.15) is 43.5 Å². The van der Waals surface area contributed by atoms with Crippen molar-refractivity contribution in [3.8, 4) is 0 Å². The first-order valence-electron chi connectivity index (χ1n) is 13.0. The molecule has 1 aliphatic heterocycles. The number of esters is 2. The molecule has 0 unspecified atom stereocenters. The summed E-state index contributed by atoms with van der Waals surface area (Å²) in [5.41, 5.74) is -4.75. The second-order valence-electron chi connectivity index (χ2n) is 11.6. The number of hydrogen-bond acceptors (Lipinski definition) is 10. The number of carboxylic acid groups (broad SMARTS) is 1. The molecule has 1 aromatic rings. The quantitative estimate of drug-likeness (QED) is 0.432. The maximum absolute atomic E-state index is 13.7. The summed E-state index contributed by atoms with van der Waals surface area (Å²) in [5.74, 6) is -7.74. The molecular weight excluding hydrogens is 512 g/mol. The van der Waals surface area contributed by atoms with Crippen LogP contribution in [0.25, 0.3) is 0 Å². The van der Waals surface area contributed by atoms with Gasteiger partial charge in [-0.1, -0.05) is 25.1 Å². The van der Waals surface area contributed by atoms with E-state index >= 15 is 0 Å². The molecule has 11 nitrogen and oxygen atoms in total. The number of aliphatic carboxylic acids is 1. The lowest BCUT2D eigenvalue weighted by molar-refractivity contribution is -0.265. The van der Waals surface area contributed by atoms with E-state index in [1.165, 1.54) is 19.1 Å². The Morgan fingerprint density at radius 3 is 2.36 bits per heavy atom. The summed E-state index contributed by atoms with van der Waals surface area (Å²) in [7, 11) is 1.07. The number of rotatable bonds is 6. The molecule has 2 bridgehead atoms. The number of ketones is 2. The van der Waals surface area contributed by atoms with E-state index in [1.807, 2.05) is 0 Å². The SMILES string of the molecule is COC(=O)[C@@]12OC[C@]34[C@H](CC(=O)[C@H](OC(=O)c5ccccc5)[C@@H]13)C[C@@H](C(C)=O)[C@](C)(CC(=O)O)[C@H]4[C@@H](O)[C@@H]2O. The lowest BCUT2D eigenvalue weighted by atomic mass is 9.36. The second kappa shape index (κ2) is 9.21. The summed E-state index contributed by atoms with van der Waals surface area (Å²) < 4.78 is 16.9. The maximum Gasteiger partial charge on any atom is 0.341 e. The normalized spacial score (nSPS) is 42.3. The molecule has 5 rings (SSSR count). The van der Waals surface area contributed by atoms with E-state index in [0.29, 0.717) is 0 Å². The number of Topliss-reactive ketones (excluding diaryl/α,β-unsaturated/α-hetero) is 2. The van der Waals surface area contributed by atoms with Gasteiger partial charge in [-0.2, -0.15) is 0 Å². The molecule has 3 aliphatic carbocycles. The molecular formula is C28H32O11. The first kappa shape index (κ1) is 27.4. The van der Waals surface area contributed by atoms with E-state index in [1.54, 1.807) is 25.1 Å². The molecule has 1 aromatic carbocycles. The van der Waals surface area contributed by atoms with Gasteiger partial charge in [0.2, 0.25) is 5.60 Å². The topological polar surface area (TPSA) is 174 Å². The summed E-state index contributed by atoms with van der Waals surface area (Å²) in [6.07, 6.45) is -5.75. The first-order valence-corrected chi connectivity index (χ1v) is 13.0. The van der Waals surface area contributed by atoms with Gasteiger partial charge in [0.1, 0.15) is 11.9 Å². The Morgan fingerprint density at radius 2 is 1.77 bits per heavy atom. The van der Waals surface area contributed by atoms with Crippen LogP contribution in [0.15, 0.2) is 30.3 Å². The average molecular weight is 545 g/mol. The molecule has 1 heterocycles. The van der Waals surface area contributed by atoms with Crippen LogP contribution in [-0.4, -0.2) is 82.4 Å². The molecule has 0 aromatic heterocycles. The van der Waals surface area contributed by atoms with Crippen LogP contribution < -0.4 is 0 Å². The minimum absolute atomic E-state index is 0.112. The van der Waals surface area contributed by atoms with Gasteiger partial charge in [-0.15, -0.1) is 0 Å². The van der Waals surface area contributed by atoms with E-state index in [0.717, 1.165) is 7.11 Å². The van der Waals surface area contributed by atoms with Crippen molar-refractivity contribution in [2.24, 2.45) is 34.5 Å². The van der Waals surface area contributed by atoms with Crippen LogP contribution in [-0.2, 0) is 33.4 Å². The van der Waals surface area contributed by atoms with Gasteiger partial charge in [-0.25, -0.2) is 9.59 Å². The molecule has 0 amide bonds. The van der Waals surface area contributed by atoms with Crippen LogP contribution in [0.5, 0.6) is 0 Å². The fraction of sp³-hybridized carbons (Fsp3) is 0.607. The predicted octanol–water partition coefficient (Wildman–Crippen LogP) is 0.787. The van der Waals surface area contributed by atoms with Gasteiger partial charge in [0, 0.05) is 23.7 Å². The van der Waals surface area contributed by atoms with Gasteiger partial charge in [0.15, 0.2) is 11.9 Å². The van der Waals surface area contributed by atoms with E-state index < -0.39 is 88.5 Å². The third-order valence-corrected chi connectivity index (χ3v) is 9.91. The lowest BCUT2D eigenvalue weighted by Crippen LogP contribution is -2.77. The number of methoxy groups -OCH3 is 1. The Balaban J connectivity index is 1.72. The standard InChI is InChI=1S/C28H32O11/c1-13(29)16-9-15-10-17(30)20(39-24(35)14-7-5-4-6-8-14)22-27(15)12-38-28(22,25(36)37-3)23(34)19(33)21(27)26(16,2)11-18(31)32/h4-8,15-16,19-23,33-34H,9-12H2,1-3H3,(H,31,32)/t15-,16-,19+,20-,21+,22+,23-,26-,27+,28+/m0/s1. The largest absolute Gasteiger partial charge is 0.481 e. The van der Waals surface area contributed by atoms with Crippen molar-refractivity contribution in [3.05, 3.63) is 35.9 Å². The van der Waals surface area contributed by atoms with Crippen LogP contribution >= 0.6 is 0 Å². The predicted molar refractivity (Wildman–Crippen MR) is 130 cm³/mol. The molecule has 0 radical (unpaired) electrons. The number of carboxylic acids is 1. The van der Waals surface area contributed by atoms with Crippen LogP contribution in [0.3, 0.4) is 0 Å². The third-order valence-electron chi connectivity index (χ3n) is 9.91. The molecule has 1 saturated heterocycles. The van der Waals surface area contributed by atoms with Crippen molar-refractivity contribution in [2.45, 2.75) is 57.0 Å². The number of carbonyl (C=O) groups excluding carboxylic acids is 4. The van der Waals surface area contributed by atoms with E-state index in [2.05, 4.69) is 0 Å². The summed E-state index contributed by atoms with van der Waals surface area (Å²) in [6.45, 7) is 2.69. The van der Waals surface area contributed by atoms with Crippen molar-refractivity contribution in [1.82, 2.24) is 0 Å². The Morgan fingerprint density at radius 1 is 1.10 bits per heavy atom. The number of hydrogen-bond donors (Lipinski definition) is 3. The van der Waals surface area contributed by atoms with Gasteiger partial charge in [0.25, 0.3) is 0 Å². The molecule has 4 fully saturated rings. The second-order valence-corrected chi connectivity index (χ2v) is 11.6. The zero-order valence-electron chi connectivity index (χ0n) is 21.9. The number of carbonyl (C=O) groups is 5. The molecule has 4 aliphatic rings. The third kappa shape index (κ3) is 3.56. The summed E-state index contributed by atoms with van der Waals surface area (Å²) >= 11 is 0. The van der Waals surface area contributed by atoms with Crippen molar-refractivity contribution < 1.29 is 53.5 Å². The summed E-state index contributed by atoms with van der Waals surface area (Å²) in [5, 5.41) is 33.1. The van der Waals surface area contributed by atoms with Crippen LogP contribution in [0, 0.1) is 34.5 Å². The van der Waals surface area contributed by atoms with Crippen molar-refractivity contribution >= 4 is 29.5 Å². The van der Waals surface area contributed by atoms with Gasteiger partial charge >= 0.3 is 17.9 Å². The molecule has 3 N–H and O–H groups in total. The molecule has 3 saturated carbocycles. The maximum atomic E-state index is 13.7. The number of aliphatic hydroxyl groups is 2. The first-order chi connectivity index (χ1) is 18.4. The molecule has 11 heteroatoms. The lowest BCUT2D eigenvalue weighted by Gasteiger charge is -2.67. The van der Waals surface area contributed by atoms with Gasteiger partial charge < -0.3 is 29.5 Å². The van der Waals surface area contributed by atoms with Crippen molar-refractivity contribution in [1.29, 1.82) is 0 Å². The highest BCUT2D eigenvalue weighted by Crippen LogP contribution is 2.73. The Bertz CT molecular complexity index is 1230. The zero-order valence-corrected chi connectivity index (χ0v) is 21.9.